The molecule has 3 aromatic rings. The molecule has 3 rings (SSSR count). The maximum atomic E-state index is 11.8. The van der Waals surface area contributed by atoms with Crippen molar-refractivity contribution in [2.24, 2.45) is 7.05 Å². The van der Waals surface area contributed by atoms with Crippen LogP contribution in [0.3, 0.4) is 0 Å². The van der Waals surface area contributed by atoms with Crippen LogP contribution in [-0.2, 0) is 13.5 Å². The quantitative estimate of drug-likeness (QED) is 0.786. The lowest BCUT2D eigenvalue weighted by Gasteiger charge is -2.04. The van der Waals surface area contributed by atoms with Crippen molar-refractivity contribution in [3.63, 3.8) is 0 Å². The second kappa shape index (κ2) is 5.40. The highest BCUT2D eigenvalue weighted by Gasteiger charge is 2.05. The number of imidazole rings is 1. The lowest BCUT2D eigenvalue weighted by molar-refractivity contribution is 0.836. The fourth-order valence-corrected chi connectivity index (χ4v) is 2.25. The standard InChI is InChI=1S/C15H17N5O/c1-11-4-3-5-13-18-12(10-20(11)13)6-7-16-14-15(21)19(2)9-8-17-14/h3-5,8-10H,6-7H2,1-2H3,(H,16,17). The Morgan fingerprint density at radius 1 is 1.33 bits per heavy atom. The topological polar surface area (TPSA) is 64.2 Å². The van der Waals surface area contributed by atoms with Gasteiger partial charge in [0.05, 0.1) is 5.69 Å². The summed E-state index contributed by atoms with van der Waals surface area (Å²) in [6, 6.07) is 6.03. The number of hydrogen-bond donors (Lipinski definition) is 1. The van der Waals surface area contributed by atoms with Crippen LogP contribution < -0.4 is 10.9 Å². The molecule has 0 fully saturated rings. The van der Waals surface area contributed by atoms with Crippen molar-refractivity contribution in [2.75, 3.05) is 11.9 Å². The Morgan fingerprint density at radius 2 is 2.19 bits per heavy atom. The molecule has 0 saturated carbocycles. The Morgan fingerprint density at radius 3 is 3.00 bits per heavy atom. The van der Waals surface area contributed by atoms with E-state index in [-0.39, 0.29) is 5.56 Å². The summed E-state index contributed by atoms with van der Waals surface area (Å²) in [4.78, 5) is 20.4. The van der Waals surface area contributed by atoms with E-state index in [4.69, 9.17) is 0 Å². The van der Waals surface area contributed by atoms with E-state index < -0.39 is 0 Å². The highest BCUT2D eigenvalue weighted by Crippen LogP contribution is 2.08. The van der Waals surface area contributed by atoms with Gasteiger partial charge in [-0.2, -0.15) is 0 Å². The Hall–Kier alpha value is -2.63. The minimum absolute atomic E-state index is 0.122. The van der Waals surface area contributed by atoms with Crippen molar-refractivity contribution in [3.05, 3.63) is 58.5 Å². The Labute approximate surface area is 122 Å². The van der Waals surface area contributed by atoms with Crippen LogP contribution in [-0.4, -0.2) is 25.5 Å². The molecule has 0 bridgehead atoms. The van der Waals surface area contributed by atoms with Crippen molar-refractivity contribution in [3.8, 4) is 0 Å². The molecule has 6 nitrogen and oxygen atoms in total. The second-order valence-electron chi connectivity index (χ2n) is 5.00. The predicted molar refractivity (Wildman–Crippen MR) is 81.6 cm³/mol. The fourth-order valence-electron chi connectivity index (χ4n) is 2.25. The zero-order valence-electron chi connectivity index (χ0n) is 12.1. The van der Waals surface area contributed by atoms with Gasteiger partial charge in [-0.3, -0.25) is 4.79 Å². The molecule has 0 aliphatic carbocycles. The van der Waals surface area contributed by atoms with Gasteiger partial charge in [0.25, 0.3) is 5.56 Å². The highest BCUT2D eigenvalue weighted by atomic mass is 16.1. The predicted octanol–water partition coefficient (Wildman–Crippen LogP) is 1.39. The average molecular weight is 283 g/mol. The fraction of sp³-hybridized carbons (Fsp3) is 0.267. The van der Waals surface area contributed by atoms with E-state index in [9.17, 15) is 4.79 Å². The van der Waals surface area contributed by atoms with Crippen LogP contribution in [0, 0.1) is 6.92 Å². The third kappa shape index (κ3) is 2.65. The second-order valence-corrected chi connectivity index (χ2v) is 5.00. The number of nitrogens with one attached hydrogen (secondary N) is 1. The number of anilines is 1. The molecule has 0 aromatic carbocycles. The number of rotatable bonds is 4. The molecule has 3 aromatic heterocycles. The summed E-state index contributed by atoms with van der Waals surface area (Å²) in [5, 5.41) is 3.07. The van der Waals surface area contributed by atoms with E-state index in [1.165, 1.54) is 4.57 Å². The summed E-state index contributed by atoms with van der Waals surface area (Å²) < 4.78 is 3.57. The largest absolute Gasteiger partial charge is 0.365 e. The third-order valence-corrected chi connectivity index (χ3v) is 3.44. The highest BCUT2D eigenvalue weighted by molar-refractivity contribution is 5.41. The maximum absolute atomic E-state index is 11.8. The Bertz CT molecular complexity index is 833. The van der Waals surface area contributed by atoms with Crippen LogP contribution in [0.25, 0.3) is 5.65 Å². The molecule has 0 aliphatic heterocycles. The lowest BCUT2D eigenvalue weighted by atomic mass is 10.3. The molecule has 0 aliphatic rings. The molecule has 0 unspecified atom stereocenters. The smallest absolute Gasteiger partial charge is 0.293 e. The van der Waals surface area contributed by atoms with Crippen molar-refractivity contribution in [1.82, 2.24) is 18.9 Å². The zero-order valence-corrected chi connectivity index (χ0v) is 12.1. The van der Waals surface area contributed by atoms with Crippen molar-refractivity contribution >= 4 is 11.5 Å². The number of pyridine rings is 1. The molecular weight excluding hydrogens is 266 g/mol. The van der Waals surface area contributed by atoms with E-state index in [0.717, 1.165) is 23.5 Å². The monoisotopic (exact) mass is 283 g/mol. The molecule has 0 saturated heterocycles. The van der Waals surface area contributed by atoms with Gasteiger partial charge >= 0.3 is 0 Å². The number of aryl methyl sites for hydroxylation is 2. The first-order chi connectivity index (χ1) is 10.1. The Kier molecular flexibility index (Phi) is 3.43. The van der Waals surface area contributed by atoms with Crippen molar-refractivity contribution < 1.29 is 0 Å². The first kappa shape index (κ1) is 13.4. The minimum Gasteiger partial charge on any atom is -0.365 e. The van der Waals surface area contributed by atoms with E-state index in [0.29, 0.717) is 12.4 Å². The molecule has 0 spiro atoms. The van der Waals surface area contributed by atoms with Crippen LogP contribution in [0.2, 0.25) is 0 Å². The average Bonchev–Trinajstić information content (AvgIpc) is 2.88. The van der Waals surface area contributed by atoms with Gasteiger partial charge in [-0.15, -0.1) is 0 Å². The number of hydrogen-bond acceptors (Lipinski definition) is 4. The lowest BCUT2D eigenvalue weighted by Crippen LogP contribution is -2.22. The van der Waals surface area contributed by atoms with Gasteiger partial charge in [0, 0.05) is 44.3 Å². The van der Waals surface area contributed by atoms with Gasteiger partial charge in [-0.25, -0.2) is 9.97 Å². The summed E-state index contributed by atoms with van der Waals surface area (Å²) in [6.07, 6.45) is 6.01. The van der Waals surface area contributed by atoms with E-state index >= 15 is 0 Å². The van der Waals surface area contributed by atoms with Crippen molar-refractivity contribution in [1.29, 1.82) is 0 Å². The van der Waals surface area contributed by atoms with Gasteiger partial charge in [-0.1, -0.05) is 6.07 Å². The summed E-state index contributed by atoms with van der Waals surface area (Å²) in [5.74, 6) is 0.375. The summed E-state index contributed by atoms with van der Waals surface area (Å²) in [5.41, 5.74) is 2.96. The van der Waals surface area contributed by atoms with Crippen LogP contribution in [0.15, 0.2) is 41.6 Å². The van der Waals surface area contributed by atoms with E-state index in [1.54, 1.807) is 19.4 Å². The van der Waals surface area contributed by atoms with Gasteiger partial charge in [0.15, 0.2) is 5.82 Å². The van der Waals surface area contributed by atoms with Gasteiger partial charge in [0.2, 0.25) is 0 Å². The van der Waals surface area contributed by atoms with Crippen LogP contribution in [0.1, 0.15) is 11.4 Å². The molecule has 0 amide bonds. The molecular formula is C15H17N5O. The summed E-state index contributed by atoms with van der Waals surface area (Å²) in [6.45, 7) is 2.67. The molecule has 0 radical (unpaired) electrons. The first-order valence-electron chi connectivity index (χ1n) is 6.84. The Balaban J connectivity index is 1.71. The van der Waals surface area contributed by atoms with Gasteiger partial charge < -0.3 is 14.3 Å². The van der Waals surface area contributed by atoms with Gasteiger partial charge in [-0.05, 0) is 19.1 Å². The third-order valence-electron chi connectivity index (χ3n) is 3.44. The van der Waals surface area contributed by atoms with E-state index in [1.807, 2.05) is 31.3 Å². The maximum Gasteiger partial charge on any atom is 0.293 e. The molecule has 3 heterocycles. The van der Waals surface area contributed by atoms with Gasteiger partial charge in [0.1, 0.15) is 5.65 Å². The SMILES string of the molecule is Cc1cccc2nc(CCNc3nccn(C)c3=O)cn12. The molecule has 6 heteroatoms. The molecule has 21 heavy (non-hydrogen) atoms. The zero-order chi connectivity index (χ0) is 14.8. The summed E-state index contributed by atoms with van der Waals surface area (Å²) >= 11 is 0. The minimum atomic E-state index is -0.122. The van der Waals surface area contributed by atoms with Crippen LogP contribution >= 0.6 is 0 Å². The van der Waals surface area contributed by atoms with E-state index in [2.05, 4.69) is 19.7 Å². The number of fused-ring (bicyclic) bond motifs is 1. The van der Waals surface area contributed by atoms with Crippen LogP contribution in [0.4, 0.5) is 5.82 Å². The van der Waals surface area contributed by atoms with Crippen LogP contribution in [0.5, 0.6) is 0 Å². The molecule has 0 atom stereocenters. The molecule has 108 valence electrons. The first-order valence-corrected chi connectivity index (χ1v) is 6.84. The normalized spacial score (nSPS) is 11.0. The van der Waals surface area contributed by atoms with Crippen molar-refractivity contribution in [2.45, 2.75) is 13.3 Å². The number of nitrogens with zero attached hydrogens (tertiary/aromatic N) is 4. The number of aromatic nitrogens is 4. The molecule has 1 N–H and O–H groups in total. The summed E-state index contributed by atoms with van der Waals surface area (Å²) in [7, 11) is 1.71.